The summed E-state index contributed by atoms with van der Waals surface area (Å²) in [6, 6.07) is 4.05. The molecular weight excluding hydrogens is 482 g/mol. The first-order valence-corrected chi connectivity index (χ1v) is 13.9. The summed E-state index contributed by atoms with van der Waals surface area (Å²) in [7, 11) is 1.65. The van der Waals surface area contributed by atoms with E-state index < -0.39 is 0 Å². The van der Waals surface area contributed by atoms with Crippen LogP contribution in [0.3, 0.4) is 0 Å². The van der Waals surface area contributed by atoms with Gasteiger partial charge in [0.05, 0.1) is 12.7 Å². The average Bonchev–Trinajstić information content (AvgIpc) is 3.26. The lowest BCUT2D eigenvalue weighted by atomic mass is 9.92. The first-order chi connectivity index (χ1) is 17.8. The number of methoxy groups -OCH3 is 1. The van der Waals surface area contributed by atoms with Crippen LogP contribution in [-0.4, -0.2) is 48.3 Å². The molecule has 3 heterocycles. The zero-order valence-corrected chi connectivity index (χ0v) is 23.4. The zero-order valence-electron chi connectivity index (χ0n) is 22.6. The number of amides is 1. The number of hydrogen-bond donors (Lipinski definition) is 1. The van der Waals surface area contributed by atoms with Gasteiger partial charge in [0.2, 0.25) is 5.88 Å². The molecule has 7 heteroatoms. The molecule has 0 atom stereocenters. The number of Topliss-reactive ketones (excluding diaryl/α,β-unsaturated/α-hetero) is 1. The van der Waals surface area contributed by atoms with E-state index in [-0.39, 0.29) is 18.2 Å². The second-order valence-corrected chi connectivity index (χ2v) is 10.8. The molecule has 37 heavy (non-hydrogen) atoms. The number of likely N-dealkylation sites (tertiary alicyclic amines) is 1. The number of rotatable bonds is 8. The van der Waals surface area contributed by atoms with Crippen LogP contribution in [0.4, 0.5) is 0 Å². The molecule has 1 fully saturated rings. The highest BCUT2D eigenvalue weighted by Gasteiger charge is 2.23. The van der Waals surface area contributed by atoms with Gasteiger partial charge in [0.1, 0.15) is 0 Å². The molecule has 1 amide bonds. The van der Waals surface area contributed by atoms with Gasteiger partial charge in [-0.2, -0.15) is 0 Å². The molecule has 0 aromatic carbocycles. The van der Waals surface area contributed by atoms with Crippen LogP contribution in [0, 0.1) is 6.92 Å². The van der Waals surface area contributed by atoms with E-state index in [4.69, 9.17) is 4.74 Å². The highest BCUT2D eigenvalue weighted by molar-refractivity contribution is 7.11. The fourth-order valence-electron chi connectivity index (χ4n) is 5.30. The Morgan fingerprint density at radius 1 is 1.22 bits per heavy atom. The maximum atomic E-state index is 13.1. The van der Waals surface area contributed by atoms with Crippen molar-refractivity contribution in [3.05, 3.63) is 73.6 Å². The summed E-state index contributed by atoms with van der Waals surface area (Å²) in [4.78, 5) is 33.4. The molecule has 196 valence electrons. The Morgan fingerprint density at radius 3 is 2.65 bits per heavy atom. The van der Waals surface area contributed by atoms with Gasteiger partial charge in [-0.3, -0.25) is 14.5 Å². The van der Waals surface area contributed by atoms with E-state index >= 15 is 0 Å². The van der Waals surface area contributed by atoms with E-state index in [1.807, 2.05) is 44.4 Å². The zero-order chi connectivity index (χ0) is 26.5. The molecule has 0 spiro atoms. The van der Waals surface area contributed by atoms with Crippen molar-refractivity contribution in [2.24, 2.45) is 0 Å². The van der Waals surface area contributed by atoms with Gasteiger partial charge in [-0.1, -0.05) is 24.1 Å². The number of carbonyl (C=O) groups is 2. The van der Waals surface area contributed by atoms with E-state index in [1.165, 1.54) is 21.6 Å². The van der Waals surface area contributed by atoms with Gasteiger partial charge in [-0.15, -0.1) is 11.3 Å². The molecule has 2 aliphatic rings. The van der Waals surface area contributed by atoms with Crippen molar-refractivity contribution in [2.75, 3.05) is 26.7 Å². The number of ketones is 1. The van der Waals surface area contributed by atoms with Crippen LogP contribution in [0.1, 0.15) is 72.8 Å². The summed E-state index contributed by atoms with van der Waals surface area (Å²) in [6.45, 7) is 11.4. The fraction of sp³-hybridized carbons (Fsp3) is 0.433. The van der Waals surface area contributed by atoms with Crippen molar-refractivity contribution in [2.45, 2.75) is 59.9 Å². The van der Waals surface area contributed by atoms with Crippen LogP contribution >= 0.6 is 11.3 Å². The van der Waals surface area contributed by atoms with Crippen LogP contribution in [0.25, 0.3) is 5.57 Å². The first kappa shape index (κ1) is 27.0. The number of allylic oxidation sites excluding steroid dienone is 4. The minimum atomic E-state index is -0.109. The molecule has 6 nitrogen and oxygen atoms in total. The van der Waals surface area contributed by atoms with E-state index in [2.05, 4.69) is 22.1 Å². The Morgan fingerprint density at radius 2 is 1.97 bits per heavy atom. The lowest BCUT2D eigenvalue weighted by molar-refractivity contribution is -0.115. The molecule has 1 aliphatic heterocycles. The highest BCUT2D eigenvalue weighted by Crippen LogP contribution is 2.36. The third-order valence-electron chi connectivity index (χ3n) is 7.35. The third-order valence-corrected chi connectivity index (χ3v) is 8.49. The van der Waals surface area contributed by atoms with Crippen molar-refractivity contribution in [3.63, 3.8) is 0 Å². The Bertz CT molecular complexity index is 1270. The van der Waals surface area contributed by atoms with Crippen molar-refractivity contribution in [1.82, 2.24) is 15.2 Å². The number of carbonyl (C=O) groups excluding carboxylic acids is 2. The second kappa shape index (κ2) is 12.0. The molecular formula is C30H37N3O3S. The van der Waals surface area contributed by atoms with Crippen LogP contribution in [0.5, 0.6) is 5.88 Å². The predicted octanol–water partition coefficient (Wildman–Crippen LogP) is 5.89. The Kier molecular flexibility index (Phi) is 8.77. The number of piperidine rings is 1. The number of pyridine rings is 1. The maximum absolute atomic E-state index is 13.1. The fourth-order valence-corrected chi connectivity index (χ4v) is 6.54. The molecule has 1 N–H and O–H groups in total. The largest absolute Gasteiger partial charge is 0.481 e. The maximum Gasteiger partial charge on any atom is 0.252 e. The van der Waals surface area contributed by atoms with Crippen LogP contribution in [-0.2, 0) is 11.3 Å². The standard InChI is InChI=1S/C30H37N3O3S/c1-6-24(23-8-11-33(12-9-23)17-22-7-10-31-28(15-22)36-5)29-21(4)26(18-37-29)30(35)32-16-25-20(3)13-19(2)14-27(25)34/h7,10,13,15,18H,6,8-9,11-12,14,16-17H2,1-5H3,(H,32,35). The highest BCUT2D eigenvalue weighted by atomic mass is 32.1. The van der Waals surface area contributed by atoms with Crippen molar-refractivity contribution in [1.29, 1.82) is 0 Å². The molecule has 2 aromatic rings. The Balaban J connectivity index is 1.42. The van der Waals surface area contributed by atoms with Gasteiger partial charge in [0, 0.05) is 60.7 Å². The minimum Gasteiger partial charge on any atom is -0.481 e. The van der Waals surface area contributed by atoms with Crippen molar-refractivity contribution in [3.8, 4) is 5.88 Å². The van der Waals surface area contributed by atoms with Gasteiger partial charge in [0.15, 0.2) is 5.78 Å². The number of nitrogens with one attached hydrogen (secondary N) is 1. The van der Waals surface area contributed by atoms with Gasteiger partial charge in [-0.05, 0) is 68.4 Å². The summed E-state index contributed by atoms with van der Waals surface area (Å²) < 4.78 is 5.26. The van der Waals surface area contributed by atoms with Crippen LogP contribution < -0.4 is 10.1 Å². The average molecular weight is 520 g/mol. The number of nitrogens with zero attached hydrogens (tertiary/aromatic N) is 2. The molecule has 0 saturated carbocycles. The normalized spacial score (nSPS) is 16.6. The number of hydrogen-bond acceptors (Lipinski definition) is 6. The molecule has 0 unspecified atom stereocenters. The summed E-state index contributed by atoms with van der Waals surface area (Å²) in [5.74, 6) is 0.649. The summed E-state index contributed by atoms with van der Waals surface area (Å²) >= 11 is 1.66. The lowest BCUT2D eigenvalue weighted by Crippen LogP contribution is -2.30. The van der Waals surface area contributed by atoms with E-state index in [9.17, 15) is 9.59 Å². The summed E-state index contributed by atoms with van der Waals surface area (Å²) in [5.41, 5.74) is 8.57. The SMILES string of the molecule is CCC(=C1CCN(Cc2ccnc(OC)c2)CC1)c1scc(C(=O)NCC2=C(C)C=C(C)CC2=O)c1C. The van der Waals surface area contributed by atoms with Crippen molar-refractivity contribution >= 4 is 28.6 Å². The topological polar surface area (TPSA) is 71.5 Å². The summed E-state index contributed by atoms with van der Waals surface area (Å²) in [6.07, 6.45) is 7.29. The number of aromatic nitrogens is 1. The van der Waals surface area contributed by atoms with E-state index in [1.54, 1.807) is 24.6 Å². The third kappa shape index (κ3) is 6.28. The molecule has 4 rings (SSSR count). The number of ether oxygens (including phenoxy) is 1. The first-order valence-electron chi connectivity index (χ1n) is 13.0. The van der Waals surface area contributed by atoms with Gasteiger partial charge >= 0.3 is 0 Å². The van der Waals surface area contributed by atoms with Gasteiger partial charge in [0.25, 0.3) is 5.91 Å². The lowest BCUT2D eigenvalue weighted by Gasteiger charge is -2.30. The van der Waals surface area contributed by atoms with Gasteiger partial charge < -0.3 is 10.1 Å². The van der Waals surface area contributed by atoms with Gasteiger partial charge in [-0.25, -0.2) is 4.98 Å². The molecule has 2 aromatic heterocycles. The predicted molar refractivity (Wildman–Crippen MR) is 150 cm³/mol. The van der Waals surface area contributed by atoms with E-state index in [0.717, 1.165) is 55.6 Å². The molecule has 1 saturated heterocycles. The molecule has 1 aliphatic carbocycles. The quantitative estimate of drug-likeness (QED) is 0.471. The molecule has 0 bridgehead atoms. The van der Waals surface area contributed by atoms with Crippen LogP contribution in [0.2, 0.25) is 0 Å². The van der Waals surface area contributed by atoms with E-state index in [0.29, 0.717) is 23.4 Å². The Labute approximate surface area is 224 Å². The molecule has 0 radical (unpaired) electrons. The summed E-state index contributed by atoms with van der Waals surface area (Å²) in [5, 5.41) is 4.96. The van der Waals surface area contributed by atoms with Crippen LogP contribution in [0.15, 0.2) is 52.1 Å². The van der Waals surface area contributed by atoms with Crippen molar-refractivity contribution < 1.29 is 14.3 Å². The monoisotopic (exact) mass is 519 g/mol. The smallest absolute Gasteiger partial charge is 0.252 e. The Hall–Kier alpha value is -3.03. The second-order valence-electron chi connectivity index (χ2n) is 9.96. The number of thiophene rings is 1. The minimum absolute atomic E-state index is 0.105.